The molecule has 1 heterocycles. The van der Waals surface area contributed by atoms with Crippen LogP contribution in [0.1, 0.15) is 48.6 Å². The normalized spacial score (nSPS) is 10.6. The van der Waals surface area contributed by atoms with Gasteiger partial charge in [0.25, 0.3) is 0 Å². The predicted molar refractivity (Wildman–Crippen MR) is 99.8 cm³/mol. The van der Waals surface area contributed by atoms with Crippen LogP contribution in [0.4, 0.5) is 11.8 Å². The zero-order chi connectivity index (χ0) is 18.2. The van der Waals surface area contributed by atoms with Gasteiger partial charge in [-0.15, -0.1) is 0 Å². The quantitative estimate of drug-likeness (QED) is 0.605. The molecule has 0 aliphatic heterocycles. The average molecular weight is 342 g/mol. The van der Waals surface area contributed by atoms with E-state index in [9.17, 15) is 4.79 Å². The lowest BCUT2D eigenvalue weighted by Gasteiger charge is -2.14. The number of carboxylic acid groups (broad SMARTS) is 1. The second kappa shape index (κ2) is 9.01. The Morgan fingerprint density at radius 1 is 1.24 bits per heavy atom. The number of hydrogen-bond donors (Lipinski definition) is 3. The number of rotatable bonds is 9. The van der Waals surface area contributed by atoms with Crippen molar-refractivity contribution in [3.63, 3.8) is 0 Å². The summed E-state index contributed by atoms with van der Waals surface area (Å²) >= 11 is 0. The van der Waals surface area contributed by atoms with E-state index in [1.807, 2.05) is 31.2 Å². The topological polar surface area (TPSA) is 101 Å². The first-order valence-corrected chi connectivity index (χ1v) is 8.66. The summed E-state index contributed by atoms with van der Waals surface area (Å²) < 4.78 is 0. The third-order valence-electron chi connectivity index (χ3n) is 4.03. The van der Waals surface area contributed by atoms with E-state index in [4.69, 9.17) is 10.8 Å². The summed E-state index contributed by atoms with van der Waals surface area (Å²) in [6.07, 6.45) is 4.06. The number of aromatic nitrogens is 2. The molecule has 25 heavy (non-hydrogen) atoms. The fourth-order valence-corrected chi connectivity index (χ4v) is 2.79. The molecular weight excluding hydrogens is 316 g/mol. The molecule has 0 spiro atoms. The van der Waals surface area contributed by atoms with Crippen molar-refractivity contribution in [3.8, 4) is 0 Å². The molecule has 6 heteroatoms. The molecule has 0 saturated heterocycles. The number of carboxylic acids is 1. The van der Waals surface area contributed by atoms with E-state index >= 15 is 0 Å². The predicted octanol–water partition coefficient (Wildman–Crippen LogP) is 3.19. The van der Waals surface area contributed by atoms with Crippen LogP contribution in [0.5, 0.6) is 0 Å². The Morgan fingerprint density at radius 3 is 2.72 bits per heavy atom. The van der Waals surface area contributed by atoms with Crippen LogP contribution in [0, 0.1) is 6.92 Å². The summed E-state index contributed by atoms with van der Waals surface area (Å²) in [5.41, 5.74) is 9.47. The number of nitrogens with two attached hydrogens (primary N) is 1. The van der Waals surface area contributed by atoms with E-state index in [0.717, 1.165) is 47.6 Å². The maximum absolute atomic E-state index is 10.9. The first-order valence-electron chi connectivity index (χ1n) is 8.66. The van der Waals surface area contributed by atoms with Crippen LogP contribution >= 0.6 is 0 Å². The standard InChI is InChI=1S/C19H26N4O2/c1-3-4-5-9-21-18-16(13(2)22-19(20)23-18)11-14-7-6-8-15(10-14)12-17(24)25/h6-8,10H,3-5,9,11-12H2,1-2H3,(H,24,25)(H3,20,21,22,23). The SMILES string of the molecule is CCCCCNc1nc(N)nc(C)c1Cc1cccc(CC(=O)O)c1. The number of nitrogen functional groups attached to an aromatic ring is 1. The minimum atomic E-state index is -0.831. The first kappa shape index (κ1) is 18.7. The third-order valence-corrected chi connectivity index (χ3v) is 4.03. The Morgan fingerprint density at radius 2 is 2.00 bits per heavy atom. The van der Waals surface area contributed by atoms with E-state index in [2.05, 4.69) is 22.2 Å². The van der Waals surface area contributed by atoms with Gasteiger partial charge < -0.3 is 16.2 Å². The molecule has 4 N–H and O–H groups in total. The van der Waals surface area contributed by atoms with Crippen molar-refractivity contribution in [2.45, 2.75) is 46.0 Å². The molecule has 134 valence electrons. The Bertz CT molecular complexity index is 731. The van der Waals surface area contributed by atoms with Gasteiger partial charge in [0.2, 0.25) is 5.95 Å². The molecule has 6 nitrogen and oxygen atoms in total. The van der Waals surface area contributed by atoms with Crippen molar-refractivity contribution < 1.29 is 9.90 Å². The summed E-state index contributed by atoms with van der Waals surface area (Å²) in [5, 5.41) is 12.3. The lowest BCUT2D eigenvalue weighted by molar-refractivity contribution is -0.136. The number of hydrogen-bond acceptors (Lipinski definition) is 5. The fraction of sp³-hybridized carbons (Fsp3) is 0.421. The van der Waals surface area contributed by atoms with Crippen molar-refractivity contribution in [2.24, 2.45) is 0 Å². The summed E-state index contributed by atoms with van der Waals surface area (Å²) in [6.45, 7) is 4.93. The van der Waals surface area contributed by atoms with Crippen LogP contribution in [0.15, 0.2) is 24.3 Å². The fourth-order valence-electron chi connectivity index (χ4n) is 2.79. The molecule has 1 aromatic carbocycles. The van der Waals surface area contributed by atoms with Crippen LogP contribution in [-0.2, 0) is 17.6 Å². The van der Waals surface area contributed by atoms with Gasteiger partial charge in [-0.1, -0.05) is 44.0 Å². The number of unbranched alkanes of at least 4 members (excludes halogenated alkanes) is 2. The highest BCUT2D eigenvalue weighted by Crippen LogP contribution is 2.22. The van der Waals surface area contributed by atoms with E-state index in [0.29, 0.717) is 6.42 Å². The molecule has 1 aromatic heterocycles. The van der Waals surface area contributed by atoms with Gasteiger partial charge >= 0.3 is 5.97 Å². The van der Waals surface area contributed by atoms with E-state index in [-0.39, 0.29) is 12.4 Å². The van der Waals surface area contributed by atoms with Crippen LogP contribution in [0.2, 0.25) is 0 Å². The number of nitrogens with zero attached hydrogens (tertiary/aromatic N) is 2. The smallest absolute Gasteiger partial charge is 0.307 e. The van der Waals surface area contributed by atoms with Gasteiger partial charge in [-0.2, -0.15) is 4.98 Å². The molecule has 0 aliphatic rings. The van der Waals surface area contributed by atoms with Crippen molar-refractivity contribution in [1.29, 1.82) is 0 Å². The van der Waals surface area contributed by atoms with Crippen LogP contribution in [0.25, 0.3) is 0 Å². The second-order valence-electron chi connectivity index (χ2n) is 6.20. The highest BCUT2D eigenvalue weighted by molar-refractivity contribution is 5.70. The lowest BCUT2D eigenvalue weighted by Crippen LogP contribution is -2.11. The van der Waals surface area contributed by atoms with E-state index < -0.39 is 5.97 Å². The number of nitrogens with one attached hydrogen (secondary N) is 1. The van der Waals surface area contributed by atoms with Gasteiger partial charge in [0.05, 0.1) is 6.42 Å². The number of aryl methyl sites for hydroxylation is 1. The van der Waals surface area contributed by atoms with Gasteiger partial charge in [0.1, 0.15) is 5.82 Å². The molecule has 2 aromatic rings. The Labute approximate surface area is 148 Å². The van der Waals surface area contributed by atoms with Gasteiger partial charge in [-0.05, 0) is 24.5 Å². The molecule has 0 aliphatic carbocycles. The zero-order valence-electron chi connectivity index (χ0n) is 14.9. The van der Waals surface area contributed by atoms with E-state index in [1.165, 1.54) is 6.42 Å². The molecule has 2 rings (SSSR count). The zero-order valence-corrected chi connectivity index (χ0v) is 14.9. The van der Waals surface area contributed by atoms with Crippen molar-refractivity contribution in [3.05, 3.63) is 46.6 Å². The van der Waals surface area contributed by atoms with Gasteiger partial charge in [0.15, 0.2) is 0 Å². The Balaban J connectivity index is 2.21. The first-order chi connectivity index (χ1) is 12.0. The van der Waals surface area contributed by atoms with Crippen molar-refractivity contribution in [1.82, 2.24) is 9.97 Å². The Kier molecular flexibility index (Phi) is 6.74. The molecule has 0 fully saturated rings. The molecule has 0 amide bonds. The maximum Gasteiger partial charge on any atom is 0.307 e. The second-order valence-corrected chi connectivity index (χ2v) is 6.20. The van der Waals surface area contributed by atoms with Crippen molar-refractivity contribution in [2.75, 3.05) is 17.6 Å². The maximum atomic E-state index is 10.9. The lowest BCUT2D eigenvalue weighted by atomic mass is 10.0. The van der Waals surface area contributed by atoms with Crippen LogP contribution in [-0.4, -0.2) is 27.6 Å². The minimum Gasteiger partial charge on any atom is -0.481 e. The molecule has 0 unspecified atom stereocenters. The molecule has 0 saturated carbocycles. The number of benzene rings is 1. The largest absolute Gasteiger partial charge is 0.481 e. The summed E-state index contributed by atoms with van der Waals surface area (Å²) in [4.78, 5) is 19.5. The molecule has 0 atom stereocenters. The van der Waals surface area contributed by atoms with Gasteiger partial charge in [-0.3, -0.25) is 4.79 Å². The average Bonchev–Trinajstić information content (AvgIpc) is 2.54. The van der Waals surface area contributed by atoms with E-state index in [1.54, 1.807) is 0 Å². The number of carbonyl (C=O) groups is 1. The van der Waals surface area contributed by atoms with Crippen molar-refractivity contribution >= 4 is 17.7 Å². The molecular formula is C19H26N4O2. The number of anilines is 2. The highest BCUT2D eigenvalue weighted by atomic mass is 16.4. The summed E-state index contributed by atoms with van der Waals surface area (Å²) in [5.74, 6) is 0.200. The third kappa shape index (κ3) is 5.74. The molecule has 0 bridgehead atoms. The Hall–Kier alpha value is -2.63. The summed E-state index contributed by atoms with van der Waals surface area (Å²) in [7, 11) is 0. The van der Waals surface area contributed by atoms with Gasteiger partial charge in [-0.25, -0.2) is 4.98 Å². The monoisotopic (exact) mass is 342 g/mol. The van der Waals surface area contributed by atoms with Crippen LogP contribution < -0.4 is 11.1 Å². The van der Waals surface area contributed by atoms with Gasteiger partial charge in [0, 0.05) is 24.2 Å². The molecule has 0 radical (unpaired) electrons. The number of aliphatic carboxylic acids is 1. The van der Waals surface area contributed by atoms with Crippen LogP contribution in [0.3, 0.4) is 0 Å². The highest BCUT2D eigenvalue weighted by Gasteiger charge is 2.12. The minimum absolute atomic E-state index is 0.0210. The summed E-state index contributed by atoms with van der Waals surface area (Å²) in [6, 6.07) is 7.62.